The number of carbonyl (C=O) groups is 3. The van der Waals surface area contributed by atoms with Crippen molar-refractivity contribution in [3.05, 3.63) is 60.2 Å². The molecule has 4 aromatic rings. The van der Waals surface area contributed by atoms with E-state index in [1.54, 1.807) is 57.0 Å². The van der Waals surface area contributed by atoms with Gasteiger partial charge in [-0.15, -0.1) is 0 Å². The number of esters is 2. The summed E-state index contributed by atoms with van der Waals surface area (Å²) in [5.74, 6) is -0.00666. The number of ether oxygens (including phenoxy) is 5. The molecule has 0 spiro atoms. The SMILES string of the molecule is CCOC(=O)c1cnn2cc(O)ccc12.CCOC(=O)c1cnn2cc(OCCOC)ccc12.COCCBr.O=C([O-])O.[Cs+].[Cs+]. The van der Waals surface area contributed by atoms with Crippen LogP contribution in [-0.4, -0.2) is 100 Å². The molecule has 45 heavy (non-hydrogen) atoms. The topological polar surface area (TPSA) is 195 Å². The molecular formula is C27H34BrCs2N4O11+. The first-order chi connectivity index (χ1) is 20.6. The summed E-state index contributed by atoms with van der Waals surface area (Å²) in [5.41, 5.74) is 2.16. The van der Waals surface area contributed by atoms with E-state index in [1.165, 1.54) is 29.2 Å². The van der Waals surface area contributed by atoms with Crippen LogP contribution in [0.4, 0.5) is 4.79 Å². The molecule has 0 aromatic carbocycles. The molecule has 4 rings (SSSR count). The van der Waals surface area contributed by atoms with Gasteiger partial charge in [0.15, 0.2) is 0 Å². The van der Waals surface area contributed by atoms with Gasteiger partial charge in [0.1, 0.15) is 29.2 Å². The number of alkyl halides is 1. The molecule has 0 atom stereocenters. The number of carbonyl (C=O) groups excluding carboxylic acids is 2. The van der Waals surface area contributed by atoms with Crippen LogP contribution in [0.2, 0.25) is 0 Å². The fourth-order valence-electron chi connectivity index (χ4n) is 3.08. The van der Waals surface area contributed by atoms with Crippen molar-refractivity contribution in [2.45, 2.75) is 13.8 Å². The Morgan fingerprint density at radius 3 is 1.71 bits per heavy atom. The molecule has 0 saturated heterocycles. The van der Waals surface area contributed by atoms with Gasteiger partial charge in [-0.2, -0.15) is 10.2 Å². The van der Waals surface area contributed by atoms with Crippen LogP contribution in [0.3, 0.4) is 0 Å². The largest absolute Gasteiger partial charge is 1.00 e. The molecule has 0 aliphatic heterocycles. The third-order valence-corrected chi connectivity index (χ3v) is 5.14. The van der Waals surface area contributed by atoms with Crippen molar-refractivity contribution in [3.8, 4) is 11.5 Å². The third kappa shape index (κ3) is 18.1. The molecule has 0 fully saturated rings. The van der Waals surface area contributed by atoms with Crippen molar-refractivity contribution < 1.29 is 191 Å². The smallest absolute Gasteiger partial charge is 0.565 e. The van der Waals surface area contributed by atoms with Gasteiger partial charge >= 0.3 is 150 Å². The minimum atomic E-state index is -2.08. The van der Waals surface area contributed by atoms with Crippen molar-refractivity contribution >= 4 is 45.1 Å². The molecule has 15 nitrogen and oxygen atoms in total. The molecule has 18 heteroatoms. The summed E-state index contributed by atoms with van der Waals surface area (Å²) in [4.78, 5) is 31.6. The molecule has 0 unspecified atom stereocenters. The summed E-state index contributed by atoms with van der Waals surface area (Å²) in [7, 11) is 3.30. The monoisotopic (exact) mass is 935 g/mol. The molecule has 236 valence electrons. The summed E-state index contributed by atoms with van der Waals surface area (Å²) in [6.45, 7) is 5.97. The Morgan fingerprint density at radius 2 is 1.29 bits per heavy atom. The number of hydrogen-bond acceptors (Lipinski definition) is 12. The van der Waals surface area contributed by atoms with E-state index in [4.69, 9.17) is 34.0 Å². The van der Waals surface area contributed by atoms with E-state index in [9.17, 15) is 14.7 Å². The Labute approximate surface area is 386 Å². The summed E-state index contributed by atoms with van der Waals surface area (Å²) in [6.07, 6.45) is 3.98. The van der Waals surface area contributed by atoms with Gasteiger partial charge < -0.3 is 43.8 Å². The molecule has 4 aromatic heterocycles. The number of rotatable bonds is 10. The van der Waals surface area contributed by atoms with E-state index in [0.29, 0.717) is 54.3 Å². The Morgan fingerprint density at radius 1 is 0.822 bits per heavy atom. The molecule has 0 saturated carbocycles. The number of halogens is 1. The Hall–Kier alpha value is -0.306. The van der Waals surface area contributed by atoms with E-state index in [-0.39, 0.29) is 150 Å². The van der Waals surface area contributed by atoms with E-state index < -0.39 is 12.1 Å². The first-order valence-corrected chi connectivity index (χ1v) is 13.8. The molecular weight excluding hydrogens is 902 g/mol. The van der Waals surface area contributed by atoms with E-state index >= 15 is 0 Å². The number of nitrogens with zero attached hydrogens (tertiary/aromatic N) is 4. The van der Waals surface area contributed by atoms with Crippen LogP contribution < -0.4 is 148 Å². The first-order valence-electron chi connectivity index (χ1n) is 12.7. The standard InChI is InChI=1S/C13H16N2O4.C10H10N2O3.C3H7BrO.CH2O3.2Cs/c1-3-18-13(16)11-8-14-15-9-10(4-5-12(11)15)19-7-6-17-2;1-2-15-10(14)8-5-11-12-6-7(13)3-4-9(8)12;1-5-3-2-4;2-1(3)4;;/h4-5,8-9H,3,6-7H2,1-2H3;3-6,13H,2H2,1H3;2-3H2,1H3;(H2,2,3,4);;/q;;;;2*+1/p-1. The summed E-state index contributed by atoms with van der Waals surface area (Å²) >= 11 is 3.18. The summed E-state index contributed by atoms with van der Waals surface area (Å²) in [5, 5.41) is 33.5. The number of hydrogen-bond donors (Lipinski definition) is 2. The first kappa shape index (κ1) is 46.8. The second-order valence-corrected chi connectivity index (χ2v) is 8.55. The maximum absolute atomic E-state index is 11.7. The normalized spacial score (nSPS) is 9.44. The van der Waals surface area contributed by atoms with E-state index in [0.717, 1.165) is 11.9 Å². The predicted molar refractivity (Wildman–Crippen MR) is 155 cm³/mol. The third-order valence-electron chi connectivity index (χ3n) is 4.82. The quantitative estimate of drug-likeness (QED) is 0.0913. The average Bonchev–Trinajstić information content (AvgIpc) is 3.58. The predicted octanol–water partition coefficient (Wildman–Crippen LogP) is -3.32. The maximum Gasteiger partial charge on any atom is 1.00 e. The van der Waals surface area contributed by atoms with Gasteiger partial charge in [0, 0.05) is 19.5 Å². The van der Waals surface area contributed by atoms with Gasteiger partial charge in [-0.25, -0.2) is 18.6 Å². The molecule has 0 amide bonds. The van der Waals surface area contributed by atoms with Gasteiger partial charge in [0.2, 0.25) is 6.16 Å². The second kappa shape index (κ2) is 27.6. The van der Waals surface area contributed by atoms with Crippen molar-refractivity contribution in [1.82, 2.24) is 19.2 Å². The molecule has 0 bridgehead atoms. The van der Waals surface area contributed by atoms with Gasteiger partial charge in [-0.1, -0.05) is 15.9 Å². The Balaban J connectivity index is 0. The molecule has 0 aliphatic rings. The molecule has 0 radical (unpaired) electrons. The van der Waals surface area contributed by atoms with Crippen LogP contribution in [0.5, 0.6) is 11.5 Å². The van der Waals surface area contributed by atoms with E-state index in [1.807, 2.05) is 0 Å². The number of pyridine rings is 2. The fraction of sp³-hybridized carbons (Fsp3) is 0.370. The van der Waals surface area contributed by atoms with Crippen molar-refractivity contribution in [2.75, 3.05) is 52.6 Å². The summed E-state index contributed by atoms with van der Waals surface area (Å²) in [6, 6.07) is 6.69. The zero-order valence-electron chi connectivity index (χ0n) is 26.1. The van der Waals surface area contributed by atoms with Crippen molar-refractivity contribution in [2.24, 2.45) is 0 Å². The van der Waals surface area contributed by atoms with Crippen LogP contribution in [-0.2, 0) is 18.9 Å². The van der Waals surface area contributed by atoms with Crippen LogP contribution >= 0.6 is 15.9 Å². The van der Waals surface area contributed by atoms with Crippen LogP contribution in [0.15, 0.2) is 49.1 Å². The van der Waals surface area contributed by atoms with Crippen molar-refractivity contribution in [3.63, 3.8) is 0 Å². The van der Waals surface area contributed by atoms with Crippen LogP contribution in [0, 0.1) is 0 Å². The second-order valence-electron chi connectivity index (χ2n) is 7.76. The maximum atomic E-state index is 11.7. The van der Waals surface area contributed by atoms with Crippen molar-refractivity contribution in [1.29, 1.82) is 0 Å². The fourth-order valence-corrected chi connectivity index (χ4v) is 3.40. The molecule has 0 aliphatic carbocycles. The van der Waals surface area contributed by atoms with Gasteiger partial charge in [-0.05, 0) is 38.1 Å². The minimum Gasteiger partial charge on any atom is -0.565 e. The van der Waals surface area contributed by atoms with Gasteiger partial charge in [0.25, 0.3) is 0 Å². The number of aromatic hydroxyl groups is 1. The number of fused-ring (bicyclic) bond motifs is 2. The van der Waals surface area contributed by atoms with Gasteiger partial charge in [-0.3, -0.25) is 0 Å². The van der Waals surface area contributed by atoms with Gasteiger partial charge in [0.05, 0.1) is 62.2 Å². The van der Waals surface area contributed by atoms with Crippen LogP contribution in [0.1, 0.15) is 34.6 Å². The zero-order chi connectivity index (χ0) is 32.2. The average molecular weight is 936 g/mol. The zero-order valence-corrected chi connectivity index (χ0v) is 40.2. The Kier molecular flexibility index (Phi) is 28.7. The molecule has 2 N–H and O–H groups in total. The van der Waals surface area contributed by atoms with E-state index in [2.05, 4.69) is 30.9 Å². The minimum absolute atomic E-state index is 0. The summed E-state index contributed by atoms with van der Waals surface area (Å²) < 4.78 is 27.9. The number of methoxy groups -OCH3 is 2. The Bertz CT molecular complexity index is 1430. The number of carboxylic acid groups (broad SMARTS) is 2. The number of aromatic nitrogens is 4. The molecule has 4 heterocycles. The van der Waals surface area contributed by atoms with Crippen LogP contribution in [0.25, 0.3) is 11.0 Å².